The zero-order valence-corrected chi connectivity index (χ0v) is 8.58. The van der Waals surface area contributed by atoms with Crippen molar-refractivity contribution in [3.05, 3.63) is 49.1 Å². The molecule has 0 aliphatic carbocycles. The van der Waals surface area contributed by atoms with Crippen LogP contribution in [0.25, 0.3) is 0 Å². The second-order valence-electron chi connectivity index (χ2n) is 2.94. The Morgan fingerprint density at radius 1 is 0.923 bits per heavy atom. The molecule has 0 heterocycles. The fourth-order valence-corrected chi connectivity index (χ4v) is 0.924. The fraction of sp³-hybridized carbons (Fsp3) is 0.385. The number of unbranched alkanes of at least 4 members (excludes halogenated alkanes) is 3. The summed E-state index contributed by atoms with van der Waals surface area (Å²) in [6.45, 7) is 5.84. The molecule has 0 heteroatoms. The Bertz CT molecular complexity index is 150. The first kappa shape index (κ1) is 12.0. The van der Waals surface area contributed by atoms with Gasteiger partial charge in [0.05, 0.1) is 0 Å². The Balaban J connectivity index is 0.000000223. The van der Waals surface area contributed by atoms with Crippen LogP contribution in [0.15, 0.2) is 49.1 Å². The second kappa shape index (κ2) is 11.0. The van der Waals surface area contributed by atoms with Crippen LogP contribution in [0, 0.1) is 0 Å². The van der Waals surface area contributed by atoms with Gasteiger partial charge in [-0.05, 0) is 12.8 Å². The molecule has 0 spiro atoms. The van der Waals surface area contributed by atoms with Crippen molar-refractivity contribution in [2.45, 2.75) is 32.6 Å². The van der Waals surface area contributed by atoms with Gasteiger partial charge in [0.2, 0.25) is 0 Å². The van der Waals surface area contributed by atoms with Crippen molar-refractivity contribution < 1.29 is 0 Å². The number of hydrogen-bond acceptors (Lipinski definition) is 0. The first-order chi connectivity index (χ1) is 6.41. The van der Waals surface area contributed by atoms with E-state index in [0.717, 1.165) is 0 Å². The standard InChI is InChI=1S/C7H14.C6H6/c1-3-5-7-6-4-2;1-2-4-6-5-3-1/h3H,1,4-7H2,2H3;1-6H. The SMILES string of the molecule is C=CCCCCC.c1ccccc1. The van der Waals surface area contributed by atoms with Gasteiger partial charge in [-0.2, -0.15) is 0 Å². The van der Waals surface area contributed by atoms with Gasteiger partial charge in [0.15, 0.2) is 0 Å². The predicted octanol–water partition coefficient (Wildman–Crippen LogP) is 4.44. The third-order valence-electron chi connectivity index (χ3n) is 1.68. The average molecular weight is 176 g/mol. The Morgan fingerprint density at radius 3 is 1.69 bits per heavy atom. The lowest BCUT2D eigenvalue weighted by Crippen LogP contribution is -1.67. The van der Waals surface area contributed by atoms with Gasteiger partial charge in [-0.15, -0.1) is 6.58 Å². The van der Waals surface area contributed by atoms with Crippen LogP contribution in [0.4, 0.5) is 0 Å². The van der Waals surface area contributed by atoms with Crippen LogP contribution in [-0.2, 0) is 0 Å². The summed E-state index contributed by atoms with van der Waals surface area (Å²) >= 11 is 0. The lowest BCUT2D eigenvalue weighted by molar-refractivity contribution is 0.730. The molecule has 0 atom stereocenters. The maximum atomic E-state index is 3.63. The summed E-state index contributed by atoms with van der Waals surface area (Å²) in [5.41, 5.74) is 0. The third-order valence-corrected chi connectivity index (χ3v) is 1.68. The van der Waals surface area contributed by atoms with Gasteiger partial charge in [0.1, 0.15) is 0 Å². The first-order valence-electron chi connectivity index (χ1n) is 5.02. The minimum atomic E-state index is 1.19. The van der Waals surface area contributed by atoms with E-state index < -0.39 is 0 Å². The summed E-state index contributed by atoms with van der Waals surface area (Å²) in [6, 6.07) is 12.0. The van der Waals surface area contributed by atoms with E-state index in [4.69, 9.17) is 0 Å². The number of allylic oxidation sites excluding steroid dienone is 1. The predicted molar refractivity (Wildman–Crippen MR) is 60.8 cm³/mol. The molecule has 0 bridgehead atoms. The van der Waals surface area contributed by atoms with Crippen LogP contribution in [0.3, 0.4) is 0 Å². The van der Waals surface area contributed by atoms with Gasteiger partial charge in [0, 0.05) is 0 Å². The smallest absolute Gasteiger partial charge is 0.0353 e. The van der Waals surface area contributed by atoms with Crippen molar-refractivity contribution in [1.82, 2.24) is 0 Å². The molecule has 0 amide bonds. The molecule has 0 N–H and O–H groups in total. The molecule has 13 heavy (non-hydrogen) atoms. The van der Waals surface area contributed by atoms with Gasteiger partial charge in [0.25, 0.3) is 0 Å². The summed E-state index contributed by atoms with van der Waals surface area (Å²) < 4.78 is 0. The van der Waals surface area contributed by atoms with Crippen molar-refractivity contribution in [2.24, 2.45) is 0 Å². The molecule has 1 aromatic carbocycles. The Kier molecular flexibility index (Phi) is 10.1. The van der Waals surface area contributed by atoms with E-state index in [-0.39, 0.29) is 0 Å². The van der Waals surface area contributed by atoms with Gasteiger partial charge in [-0.25, -0.2) is 0 Å². The minimum Gasteiger partial charge on any atom is -0.103 e. The summed E-state index contributed by atoms with van der Waals surface area (Å²) in [6.07, 6.45) is 7.16. The summed E-state index contributed by atoms with van der Waals surface area (Å²) in [5, 5.41) is 0. The second-order valence-corrected chi connectivity index (χ2v) is 2.94. The van der Waals surface area contributed by atoms with E-state index in [9.17, 15) is 0 Å². The molecule has 0 fully saturated rings. The Labute approximate surface area is 82.3 Å². The third kappa shape index (κ3) is 11.0. The lowest BCUT2D eigenvalue weighted by Gasteiger charge is -1.87. The first-order valence-corrected chi connectivity index (χ1v) is 5.02. The maximum Gasteiger partial charge on any atom is -0.0353 e. The number of rotatable bonds is 4. The van der Waals surface area contributed by atoms with E-state index in [1.165, 1.54) is 25.7 Å². The Hall–Kier alpha value is -1.04. The van der Waals surface area contributed by atoms with Crippen LogP contribution >= 0.6 is 0 Å². The monoisotopic (exact) mass is 176 g/mol. The largest absolute Gasteiger partial charge is 0.103 e. The Morgan fingerprint density at radius 2 is 1.38 bits per heavy atom. The molecular formula is C13H20. The van der Waals surface area contributed by atoms with Crippen LogP contribution in [0.2, 0.25) is 0 Å². The summed E-state index contributed by atoms with van der Waals surface area (Å²) in [5.74, 6) is 0. The van der Waals surface area contributed by atoms with Crippen LogP contribution in [-0.4, -0.2) is 0 Å². The van der Waals surface area contributed by atoms with Crippen molar-refractivity contribution >= 4 is 0 Å². The zero-order valence-electron chi connectivity index (χ0n) is 8.58. The minimum absolute atomic E-state index is 1.19. The molecule has 0 aliphatic heterocycles. The molecule has 0 nitrogen and oxygen atoms in total. The van der Waals surface area contributed by atoms with E-state index in [1.807, 2.05) is 42.5 Å². The van der Waals surface area contributed by atoms with Crippen molar-refractivity contribution in [2.75, 3.05) is 0 Å². The molecule has 0 saturated heterocycles. The molecule has 0 unspecified atom stereocenters. The van der Waals surface area contributed by atoms with E-state index in [1.54, 1.807) is 0 Å². The summed E-state index contributed by atoms with van der Waals surface area (Å²) in [7, 11) is 0. The van der Waals surface area contributed by atoms with Crippen LogP contribution in [0.1, 0.15) is 32.6 Å². The van der Waals surface area contributed by atoms with Crippen molar-refractivity contribution in [3.63, 3.8) is 0 Å². The zero-order chi connectivity index (χ0) is 9.78. The quantitative estimate of drug-likeness (QED) is 0.470. The van der Waals surface area contributed by atoms with E-state index >= 15 is 0 Å². The van der Waals surface area contributed by atoms with Gasteiger partial charge < -0.3 is 0 Å². The van der Waals surface area contributed by atoms with Crippen molar-refractivity contribution in [3.8, 4) is 0 Å². The number of hydrogen-bond donors (Lipinski definition) is 0. The van der Waals surface area contributed by atoms with Crippen LogP contribution in [0.5, 0.6) is 0 Å². The van der Waals surface area contributed by atoms with Crippen LogP contribution < -0.4 is 0 Å². The van der Waals surface area contributed by atoms with E-state index in [2.05, 4.69) is 13.5 Å². The highest BCUT2D eigenvalue weighted by Crippen LogP contribution is 1.97. The molecule has 1 rings (SSSR count). The van der Waals surface area contributed by atoms with Gasteiger partial charge in [-0.3, -0.25) is 0 Å². The molecular weight excluding hydrogens is 156 g/mol. The maximum absolute atomic E-state index is 3.63. The van der Waals surface area contributed by atoms with Gasteiger partial charge in [-0.1, -0.05) is 62.2 Å². The van der Waals surface area contributed by atoms with Crippen molar-refractivity contribution in [1.29, 1.82) is 0 Å². The number of benzene rings is 1. The molecule has 0 aliphatic rings. The lowest BCUT2D eigenvalue weighted by atomic mass is 10.2. The molecule has 1 aromatic rings. The normalized spacial score (nSPS) is 8.38. The van der Waals surface area contributed by atoms with E-state index in [0.29, 0.717) is 0 Å². The molecule has 0 radical (unpaired) electrons. The average Bonchev–Trinajstić information content (AvgIpc) is 2.22. The highest BCUT2D eigenvalue weighted by Gasteiger charge is 1.77. The molecule has 0 aromatic heterocycles. The molecule has 72 valence electrons. The summed E-state index contributed by atoms with van der Waals surface area (Å²) in [4.78, 5) is 0. The fourth-order valence-electron chi connectivity index (χ4n) is 0.924. The highest BCUT2D eigenvalue weighted by atomic mass is 13.8. The van der Waals surface area contributed by atoms with Gasteiger partial charge >= 0.3 is 0 Å². The highest BCUT2D eigenvalue weighted by molar-refractivity contribution is 4.99. The molecule has 0 saturated carbocycles. The topological polar surface area (TPSA) is 0 Å².